The number of ether oxygens (including phenoxy) is 1. The van der Waals surface area contributed by atoms with Crippen LogP contribution in [0.2, 0.25) is 0 Å². The van der Waals surface area contributed by atoms with Gasteiger partial charge in [-0.05, 0) is 55.3 Å². The van der Waals surface area contributed by atoms with Gasteiger partial charge in [0.1, 0.15) is 0 Å². The van der Waals surface area contributed by atoms with Gasteiger partial charge in [0.15, 0.2) is 0 Å². The number of alkyl halides is 3. The van der Waals surface area contributed by atoms with Gasteiger partial charge < -0.3 is 15.0 Å². The van der Waals surface area contributed by atoms with Gasteiger partial charge >= 0.3 is 6.18 Å². The molecule has 1 aromatic carbocycles. The number of carbonyl (C=O) groups is 1. The Hall–Kier alpha value is -2.12. The smallest absolute Gasteiger partial charge is 0.381 e. The van der Waals surface area contributed by atoms with Gasteiger partial charge in [0, 0.05) is 38.8 Å². The number of nitrogens with one attached hydrogen (secondary N) is 1. The first-order valence-corrected chi connectivity index (χ1v) is 11.3. The van der Waals surface area contributed by atoms with E-state index in [0.717, 1.165) is 56.7 Å². The Morgan fingerprint density at radius 1 is 1.28 bits per heavy atom. The zero-order valence-corrected chi connectivity index (χ0v) is 18.8. The van der Waals surface area contributed by atoms with E-state index >= 15 is 0 Å². The number of nitrogens with zero attached hydrogens (tertiary/aromatic N) is 1. The lowest BCUT2D eigenvalue weighted by Gasteiger charge is -2.33. The second kappa shape index (κ2) is 11.1. The molecule has 1 amide bonds. The third kappa shape index (κ3) is 7.20. The summed E-state index contributed by atoms with van der Waals surface area (Å²) in [5.74, 6) is 0.00657. The van der Waals surface area contributed by atoms with E-state index in [4.69, 9.17) is 4.74 Å². The number of halogens is 3. The zero-order chi connectivity index (χ0) is 23.1. The molecule has 1 heterocycles. The van der Waals surface area contributed by atoms with Crippen LogP contribution in [0.25, 0.3) is 0 Å². The fraction of sp³-hybridized carbons (Fsp3) is 0.560. The van der Waals surface area contributed by atoms with Crippen molar-refractivity contribution in [3.8, 4) is 0 Å². The van der Waals surface area contributed by atoms with Crippen molar-refractivity contribution < 1.29 is 22.7 Å². The highest BCUT2D eigenvalue weighted by Gasteiger charge is 2.30. The summed E-state index contributed by atoms with van der Waals surface area (Å²) in [5, 5.41) is 2.90. The normalized spacial score (nSPS) is 20.8. The molecule has 3 rings (SSSR count). The topological polar surface area (TPSA) is 41.6 Å². The quantitative estimate of drug-likeness (QED) is 0.611. The van der Waals surface area contributed by atoms with Crippen LogP contribution >= 0.6 is 0 Å². The van der Waals surface area contributed by atoms with Gasteiger partial charge in [0.2, 0.25) is 5.91 Å². The number of hydrogen-bond acceptors (Lipinski definition) is 3. The van der Waals surface area contributed by atoms with E-state index in [1.807, 2.05) is 0 Å². The van der Waals surface area contributed by atoms with Gasteiger partial charge in [0.25, 0.3) is 0 Å². The first-order chi connectivity index (χ1) is 15.2. The number of carbonyl (C=O) groups excluding carboxylic acids is 1. The van der Waals surface area contributed by atoms with E-state index in [1.54, 1.807) is 13.0 Å². The Bertz CT molecular complexity index is 829. The number of allylic oxidation sites excluding steroid dienone is 1. The maximum Gasteiger partial charge on any atom is 0.416 e. The van der Waals surface area contributed by atoms with Gasteiger partial charge in [-0.15, -0.1) is 0 Å². The minimum absolute atomic E-state index is 0.150. The Morgan fingerprint density at radius 3 is 2.69 bits per heavy atom. The summed E-state index contributed by atoms with van der Waals surface area (Å²) >= 11 is 0. The molecule has 2 aliphatic rings. The van der Waals surface area contributed by atoms with E-state index in [0.29, 0.717) is 24.1 Å². The summed E-state index contributed by atoms with van der Waals surface area (Å²) in [7, 11) is 2.18. The molecule has 176 valence electrons. The maximum atomic E-state index is 12.9. The highest BCUT2D eigenvalue weighted by Crippen LogP contribution is 2.31. The maximum absolute atomic E-state index is 12.9. The standard InChI is InChI=1S/C25H33F3N2O2/c1-18(21-4-3-5-22(15-21)25(26,27)28)14-24(31)29-16-19-6-8-20(9-7-19)17-30(2)23-10-12-32-13-11-23/h3-8,15,18,20,23H,9-14,16-17H2,1-2H3,(H,29,31). The molecule has 7 heteroatoms. The molecule has 0 saturated carbocycles. The molecule has 1 aliphatic heterocycles. The summed E-state index contributed by atoms with van der Waals surface area (Å²) in [6.07, 6.45) is 5.32. The molecule has 4 nitrogen and oxygen atoms in total. The molecule has 0 bridgehead atoms. The summed E-state index contributed by atoms with van der Waals surface area (Å²) in [6, 6.07) is 5.78. The minimum atomic E-state index is -4.38. The third-order valence-electron chi connectivity index (χ3n) is 6.37. The molecule has 2 unspecified atom stereocenters. The first-order valence-electron chi connectivity index (χ1n) is 11.3. The van der Waals surface area contributed by atoms with Crippen LogP contribution < -0.4 is 5.32 Å². The van der Waals surface area contributed by atoms with Gasteiger partial charge in [-0.3, -0.25) is 4.79 Å². The number of rotatable bonds is 8. The predicted molar refractivity (Wildman–Crippen MR) is 119 cm³/mol. The molecule has 0 spiro atoms. The minimum Gasteiger partial charge on any atom is -0.381 e. The SMILES string of the molecule is CC(CC(=O)NCC1=CCC(CN(C)C2CCOCC2)C=C1)c1cccc(C(F)(F)F)c1. The number of benzene rings is 1. The largest absolute Gasteiger partial charge is 0.416 e. The highest BCUT2D eigenvalue weighted by atomic mass is 19.4. The van der Waals surface area contributed by atoms with Gasteiger partial charge in [0.05, 0.1) is 5.56 Å². The Labute approximate surface area is 188 Å². The summed E-state index contributed by atoms with van der Waals surface area (Å²) in [4.78, 5) is 14.8. The van der Waals surface area contributed by atoms with Gasteiger partial charge in [-0.25, -0.2) is 0 Å². The summed E-state index contributed by atoms with van der Waals surface area (Å²) < 4.78 is 44.2. The van der Waals surface area contributed by atoms with Crippen molar-refractivity contribution in [2.45, 2.75) is 50.7 Å². The van der Waals surface area contributed by atoms with Crippen molar-refractivity contribution in [3.63, 3.8) is 0 Å². The second-order valence-corrected chi connectivity index (χ2v) is 8.92. The molecule has 0 radical (unpaired) electrons. The first kappa shape index (κ1) is 24.5. The Balaban J connectivity index is 1.41. The van der Waals surface area contributed by atoms with Gasteiger partial charge in [-0.1, -0.05) is 43.4 Å². The van der Waals surface area contributed by atoms with Crippen molar-refractivity contribution in [2.24, 2.45) is 5.92 Å². The molecule has 1 fully saturated rings. The second-order valence-electron chi connectivity index (χ2n) is 8.92. The van der Waals surface area contributed by atoms with Crippen LogP contribution in [0.15, 0.2) is 48.1 Å². The van der Waals surface area contributed by atoms with Crippen LogP contribution in [-0.4, -0.2) is 50.2 Å². The average Bonchev–Trinajstić information content (AvgIpc) is 2.78. The lowest BCUT2D eigenvalue weighted by atomic mass is 9.94. The van der Waals surface area contributed by atoms with Crippen LogP contribution in [0.5, 0.6) is 0 Å². The molecule has 1 saturated heterocycles. The Kier molecular flexibility index (Phi) is 8.54. The van der Waals surface area contributed by atoms with Crippen molar-refractivity contribution >= 4 is 5.91 Å². The van der Waals surface area contributed by atoms with E-state index in [-0.39, 0.29) is 18.2 Å². The fourth-order valence-corrected chi connectivity index (χ4v) is 4.31. The Morgan fingerprint density at radius 2 is 2.03 bits per heavy atom. The monoisotopic (exact) mass is 450 g/mol. The molecular formula is C25H33F3N2O2. The molecule has 1 aromatic rings. The molecule has 1 N–H and O–H groups in total. The van der Waals surface area contributed by atoms with Crippen LogP contribution in [0.4, 0.5) is 13.2 Å². The lowest BCUT2D eigenvalue weighted by molar-refractivity contribution is -0.137. The van der Waals surface area contributed by atoms with E-state index in [9.17, 15) is 18.0 Å². The zero-order valence-electron chi connectivity index (χ0n) is 18.8. The van der Waals surface area contributed by atoms with Crippen molar-refractivity contribution in [2.75, 3.05) is 33.4 Å². The lowest BCUT2D eigenvalue weighted by Crippen LogP contribution is -2.39. The van der Waals surface area contributed by atoms with E-state index < -0.39 is 11.7 Å². The molecule has 2 atom stereocenters. The highest BCUT2D eigenvalue weighted by molar-refractivity contribution is 5.77. The molecule has 0 aromatic heterocycles. The third-order valence-corrected chi connectivity index (χ3v) is 6.37. The van der Waals surface area contributed by atoms with Crippen molar-refractivity contribution in [3.05, 3.63) is 59.2 Å². The fourth-order valence-electron chi connectivity index (χ4n) is 4.31. The average molecular weight is 451 g/mol. The van der Waals surface area contributed by atoms with Crippen LogP contribution in [0.3, 0.4) is 0 Å². The van der Waals surface area contributed by atoms with E-state index in [1.165, 1.54) is 6.07 Å². The van der Waals surface area contributed by atoms with Gasteiger partial charge in [-0.2, -0.15) is 13.2 Å². The number of amides is 1. The van der Waals surface area contributed by atoms with E-state index in [2.05, 4.69) is 35.5 Å². The van der Waals surface area contributed by atoms with Crippen LogP contribution in [0.1, 0.15) is 49.7 Å². The summed E-state index contributed by atoms with van der Waals surface area (Å²) in [5.41, 5.74) is 0.898. The molecule has 1 aliphatic carbocycles. The molecular weight excluding hydrogens is 417 g/mol. The summed E-state index contributed by atoms with van der Waals surface area (Å²) in [6.45, 7) is 4.89. The van der Waals surface area contributed by atoms with Crippen molar-refractivity contribution in [1.82, 2.24) is 10.2 Å². The van der Waals surface area contributed by atoms with Crippen LogP contribution in [0, 0.1) is 5.92 Å². The predicted octanol–water partition coefficient (Wildman–Crippen LogP) is 4.93. The van der Waals surface area contributed by atoms with Crippen molar-refractivity contribution in [1.29, 1.82) is 0 Å². The van der Waals surface area contributed by atoms with Crippen LogP contribution in [-0.2, 0) is 15.7 Å². The molecule has 32 heavy (non-hydrogen) atoms. The number of hydrogen-bond donors (Lipinski definition) is 1.